The number of thiophene rings is 2. The van der Waals surface area contributed by atoms with E-state index >= 15 is 0 Å². The van der Waals surface area contributed by atoms with Crippen LogP contribution in [0, 0.1) is 0 Å². The maximum atomic E-state index is 6.56. The van der Waals surface area contributed by atoms with Crippen LogP contribution in [0.25, 0.3) is 0 Å². The van der Waals surface area contributed by atoms with Crippen molar-refractivity contribution in [2.45, 2.75) is 17.6 Å². The fourth-order valence-electron chi connectivity index (χ4n) is 1.90. The summed E-state index contributed by atoms with van der Waals surface area (Å²) >= 11 is 15.7. The van der Waals surface area contributed by atoms with Crippen LogP contribution in [0.15, 0.2) is 22.0 Å². The third-order valence-electron chi connectivity index (χ3n) is 2.74. The Morgan fingerprint density at radius 2 is 2.12 bits per heavy atom. The van der Waals surface area contributed by atoms with Crippen LogP contribution >= 0.6 is 62.0 Å². The lowest BCUT2D eigenvalue weighted by Crippen LogP contribution is -1.96. The Balaban J connectivity index is 1.91. The Kier molecular flexibility index (Phi) is 3.88. The zero-order chi connectivity index (χ0) is 11.8. The Labute approximate surface area is 127 Å². The summed E-state index contributed by atoms with van der Waals surface area (Å²) in [6.45, 7) is 0. The van der Waals surface area contributed by atoms with Gasteiger partial charge in [-0.25, -0.2) is 0 Å². The number of thioether (sulfide) groups is 1. The first-order valence-corrected chi connectivity index (χ1v) is 9.34. The van der Waals surface area contributed by atoms with Gasteiger partial charge in [0.05, 0.1) is 3.79 Å². The van der Waals surface area contributed by atoms with Gasteiger partial charge in [0, 0.05) is 20.4 Å². The van der Waals surface area contributed by atoms with Crippen LogP contribution in [0.5, 0.6) is 0 Å². The highest BCUT2D eigenvalue weighted by Crippen LogP contribution is 2.41. The lowest BCUT2D eigenvalue weighted by atomic mass is 10.2. The topological polar surface area (TPSA) is 0 Å². The van der Waals surface area contributed by atoms with Crippen LogP contribution in [-0.4, -0.2) is 5.75 Å². The van der Waals surface area contributed by atoms with E-state index in [1.54, 1.807) is 16.2 Å². The van der Waals surface area contributed by atoms with Crippen molar-refractivity contribution < 1.29 is 0 Å². The minimum absolute atomic E-state index is 0.0203. The van der Waals surface area contributed by atoms with Crippen LogP contribution in [0.4, 0.5) is 0 Å². The molecule has 3 rings (SSSR count). The summed E-state index contributed by atoms with van der Waals surface area (Å²) in [6.07, 6.45) is 1.21. The van der Waals surface area contributed by atoms with E-state index in [9.17, 15) is 0 Å². The molecule has 0 saturated carbocycles. The van der Waals surface area contributed by atoms with E-state index < -0.39 is 0 Å². The van der Waals surface area contributed by atoms with Crippen LogP contribution < -0.4 is 0 Å². The summed E-state index contributed by atoms with van der Waals surface area (Å²) in [6, 6.07) is 6.48. The van der Waals surface area contributed by atoms with Crippen molar-refractivity contribution in [2.24, 2.45) is 0 Å². The predicted molar refractivity (Wildman–Crippen MR) is 83.9 cm³/mol. The van der Waals surface area contributed by atoms with E-state index in [0.29, 0.717) is 0 Å². The van der Waals surface area contributed by atoms with E-state index in [4.69, 9.17) is 11.6 Å². The second kappa shape index (κ2) is 5.25. The van der Waals surface area contributed by atoms with E-state index in [-0.39, 0.29) is 5.38 Å². The zero-order valence-corrected chi connectivity index (χ0v) is 13.7. The van der Waals surface area contributed by atoms with E-state index in [1.807, 2.05) is 23.1 Å². The van der Waals surface area contributed by atoms with Gasteiger partial charge in [-0.1, -0.05) is 0 Å². The van der Waals surface area contributed by atoms with Gasteiger partial charge >= 0.3 is 0 Å². The van der Waals surface area contributed by atoms with Crippen molar-refractivity contribution in [3.05, 3.63) is 42.2 Å². The number of rotatable bonds is 2. The summed E-state index contributed by atoms with van der Waals surface area (Å²) in [4.78, 5) is 4.07. The Bertz CT molecular complexity index is 508. The minimum Gasteiger partial charge on any atom is -0.157 e. The lowest BCUT2D eigenvalue weighted by molar-refractivity contribution is 1.13. The van der Waals surface area contributed by atoms with Gasteiger partial charge in [0.25, 0.3) is 0 Å². The molecule has 0 spiro atoms. The van der Waals surface area contributed by atoms with Gasteiger partial charge in [-0.3, -0.25) is 0 Å². The highest BCUT2D eigenvalue weighted by Gasteiger charge is 2.20. The number of hydrogen-bond acceptors (Lipinski definition) is 3. The molecule has 0 saturated heterocycles. The van der Waals surface area contributed by atoms with Gasteiger partial charge in [0.2, 0.25) is 0 Å². The third kappa shape index (κ3) is 2.61. The summed E-state index contributed by atoms with van der Waals surface area (Å²) in [5.41, 5.74) is 1.50. The number of hydrogen-bond donors (Lipinski definition) is 0. The predicted octanol–water partition coefficient (Wildman–Crippen LogP) is 5.69. The monoisotopic (exact) mass is 364 g/mol. The maximum absolute atomic E-state index is 6.56. The standard InChI is InChI=1S/C12H10BrClS3/c13-11-2-1-9(17-11)12(14)10-5-7-6-15-4-3-8(7)16-10/h1-2,5,12H,3-4,6H2. The molecular weight excluding hydrogens is 356 g/mol. The minimum atomic E-state index is 0.0203. The van der Waals surface area contributed by atoms with Gasteiger partial charge in [-0.15, -0.1) is 34.3 Å². The molecule has 2 aromatic heterocycles. The number of halogens is 2. The molecule has 90 valence electrons. The van der Waals surface area contributed by atoms with Crippen LogP contribution in [-0.2, 0) is 12.2 Å². The molecule has 1 atom stereocenters. The molecule has 2 aromatic rings. The third-order valence-corrected chi connectivity index (χ3v) is 7.47. The molecule has 0 aromatic carbocycles. The summed E-state index contributed by atoms with van der Waals surface area (Å²) in [5, 5.41) is 0.0203. The molecule has 0 bridgehead atoms. The second-order valence-electron chi connectivity index (χ2n) is 3.90. The molecule has 17 heavy (non-hydrogen) atoms. The molecule has 0 nitrogen and oxygen atoms in total. The normalized spacial score (nSPS) is 16.8. The molecule has 0 N–H and O–H groups in total. The van der Waals surface area contributed by atoms with Crippen molar-refractivity contribution in [1.29, 1.82) is 0 Å². The number of aryl methyl sites for hydroxylation is 1. The molecule has 1 aliphatic rings. The molecule has 1 unspecified atom stereocenters. The first-order chi connectivity index (χ1) is 8.24. The summed E-state index contributed by atoms with van der Waals surface area (Å²) < 4.78 is 1.15. The van der Waals surface area contributed by atoms with Crippen molar-refractivity contribution in [1.82, 2.24) is 0 Å². The van der Waals surface area contributed by atoms with E-state index in [2.05, 4.69) is 34.1 Å². The zero-order valence-electron chi connectivity index (χ0n) is 8.91. The Hall–Kier alpha value is 0.520. The van der Waals surface area contributed by atoms with E-state index in [1.165, 1.54) is 27.5 Å². The molecule has 0 aliphatic carbocycles. The molecule has 0 fully saturated rings. The van der Waals surface area contributed by atoms with Crippen LogP contribution in [0.2, 0.25) is 0 Å². The Morgan fingerprint density at radius 1 is 1.24 bits per heavy atom. The van der Waals surface area contributed by atoms with E-state index in [0.717, 1.165) is 9.54 Å². The molecule has 0 amide bonds. The van der Waals surface area contributed by atoms with Gasteiger partial charge in [0.1, 0.15) is 5.38 Å². The van der Waals surface area contributed by atoms with Gasteiger partial charge in [-0.05, 0) is 51.9 Å². The summed E-state index contributed by atoms with van der Waals surface area (Å²) in [7, 11) is 0. The van der Waals surface area contributed by atoms with Crippen LogP contribution in [0.3, 0.4) is 0 Å². The first kappa shape index (κ1) is 12.5. The quantitative estimate of drug-likeness (QED) is 0.616. The molecule has 1 aliphatic heterocycles. The van der Waals surface area contributed by atoms with Gasteiger partial charge in [-0.2, -0.15) is 11.8 Å². The average Bonchev–Trinajstić information content (AvgIpc) is 2.93. The second-order valence-corrected chi connectivity index (χ2v) is 9.11. The lowest BCUT2D eigenvalue weighted by Gasteiger charge is -2.08. The number of fused-ring (bicyclic) bond motifs is 1. The molecular formula is C12H10BrClS3. The van der Waals surface area contributed by atoms with Crippen molar-refractivity contribution in [3.63, 3.8) is 0 Å². The molecule has 3 heterocycles. The summed E-state index contributed by atoms with van der Waals surface area (Å²) in [5.74, 6) is 2.41. The van der Waals surface area contributed by atoms with Crippen molar-refractivity contribution in [3.8, 4) is 0 Å². The van der Waals surface area contributed by atoms with Crippen LogP contribution in [0.1, 0.15) is 25.6 Å². The molecule has 0 radical (unpaired) electrons. The fraction of sp³-hybridized carbons (Fsp3) is 0.333. The SMILES string of the molecule is ClC(c1ccc(Br)s1)c1cc2c(s1)CCSC2. The van der Waals surface area contributed by atoms with Gasteiger partial charge < -0.3 is 0 Å². The average molecular weight is 366 g/mol. The van der Waals surface area contributed by atoms with Crippen molar-refractivity contribution >= 4 is 62.0 Å². The fourth-order valence-corrected chi connectivity index (χ4v) is 6.17. The maximum Gasteiger partial charge on any atom is 0.102 e. The van der Waals surface area contributed by atoms with Crippen molar-refractivity contribution in [2.75, 3.05) is 5.75 Å². The highest BCUT2D eigenvalue weighted by atomic mass is 79.9. The number of alkyl halides is 1. The van der Waals surface area contributed by atoms with Gasteiger partial charge in [0.15, 0.2) is 0 Å². The highest BCUT2D eigenvalue weighted by molar-refractivity contribution is 9.11. The smallest absolute Gasteiger partial charge is 0.102 e. The first-order valence-electron chi connectivity index (χ1n) is 5.32. The largest absolute Gasteiger partial charge is 0.157 e. The molecule has 5 heteroatoms. The Morgan fingerprint density at radius 3 is 2.82 bits per heavy atom.